The lowest BCUT2D eigenvalue weighted by atomic mass is 10.1. The van der Waals surface area contributed by atoms with Gasteiger partial charge in [-0.15, -0.1) is 0 Å². The summed E-state index contributed by atoms with van der Waals surface area (Å²) < 4.78 is 5.11. The van der Waals surface area contributed by atoms with Gasteiger partial charge in [-0.05, 0) is 26.3 Å². The van der Waals surface area contributed by atoms with Crippen molar-refractivity contribution in [2.45, 2.75) is 33.2 Å². The summed E-state index contributed by atoms with van der Waals surface area (Å²) in [5, 5.41) is 3.75. The van der Waals surface area contributed by atoms with E-state index in [-0.39, 0.29) is 11.9 Å². The van der Waals surface area contributed by atoms with Gasteiger partial charge in [-0.25, -0.2) is 0 Å². The maximum absolute atomic E-state index is 12.3. The molecule has 0 aliphatic carbocycles. The predicted molar refractivity (Wildman–Crippen MR) is 75.1 cm³/mol. The van der Waals surface area contributed by atoms with Crippen molar-refractivity contribution in [1.82, 2.24) is 15.0 Å². The van der Waals surface area contributed by atoms with Crippen LogP contribution in [-0.2, 0) is 11.2 Å². The molecule has 1 aromatic carbocycles. The minimum absolute atomic E-state index is 0.0252. The number of amides is 1. The number of nitrogens with zero attached hydrogens (tertiary/aromatic N) is 3. The lowest BCUT2D eigenvalue weighted by Gasteiger charge is -2.22. The van der Waals surface area contributed by atoms with Crippen LogP contribution in [-0.4, -0.2) is 28.0 Å². The van der Waals surface area contributed by atoms with Crippen molar-refractivity contribution >= 4 is 5.91 Å². The Morgan fingerprint density at radius 3 is 2.50 bits per heavy atom. The fourth-order valence-corrected chi connectivity index (χ4v) is 1.87. The third kappa shape index (κ3) is 3.23. The molecule has 1 aromatic heterocycles. The van der Waals surface area contributed by atoms with Crippen LogP contribution in [0.15, 0.2) is 28.8 Å². The standard InChI is InChI=1S/C15H19N3O2/c1-10-5-7-13(8-6-10)9-14(19)18(4)11(2)15-16-12(3)17-20-15/h5-8,11H,9H2,1-4H3. The number of carbonyl (C=O) groups is 1. The number of aromatic nitrogens is 2. The first-order valence-corrected chi connectivity index (χ1v) is 6.59. The second-order valence-electron chi connectivity index (χ2n) is 5.02. The Morgan fingerprint density at radius 1 is 1.30 bits per heavy atom. The molecule has 0 bridgehead atoms. The molecule has 20 heavy (non-hydrogen) atoms. The Morgan fingerprint density at radius 2 is 1.95 bits per heavy atom. The second-order valence-corrected chi connectivity index (χ2v) is 5.02. The maximum Gasteiger partial charge on any atom is 0.249 e. The van der Waals surface area contributed by atoms with E-state index in [0.717, 1.165) is 5.56 Å². The van der Waals surface area contributed by atoms with Crippen molar-refractivity contribution in [3.63, 3.8) is 0 Å². The summed E-state index contributed by atoms with van der Waals surface area (Å²) in [5.74, 6) is 1.06. The summed E-state index contributed by atoms with van der Waals surface area (Å²) in [6, 6.07) is 7.74. The second kappa shape index (κ2) is 5.86. The number of rotatable bonds is 4. The van der Waals surface area contributed by atoms with Gasteiger partial charge in [0.2, 0.25) is 11.8 Å². The monoisotopic (exact) mass is 273 g/mol. The van der Waals surface area contributed by atoms with Crippen LogP contribution in [0.1, 0.15) is 35.8 Å². The Bertz CT molecular complexity index is 589. The van der Waals surface area contributed by atoms with Gasteiger partial charge in [0.15, 0.2) is 5.82 Å². The van der Waals surface area contributed by atoms with Gasteiger partial charge in [0.25, 0.3) is 0 Å². The molecule has 5 heteroatoms. The highest BCUT2D eigenvalue weighted by Crippen LogP contribution is 2.17. The minimum atomic E-state index is -0.228. The van der Waals surface area contributed by atoms with Crippen LogP contribution in [0.5, 0.6) is 0 Å². The van der Waals surface area contributed by atoms with E-state index < -0.39 is 0 Å². The molecular formula is C15H19N3O2. The SMILES string of the molecule is Cc1ccc(CC(=O)N(C)C(C)c2nc(C)no2)cc1. The molecule has 5 nitrogen and oxygen atoms in total. The molecule has 1 amide bonds. The Labute approximate surface area is 118 Å². The third-order valence-corrected chi connectivity index (χ3v) is 3.35. The zero-order chi connectivity index (χ0) is 14.7. The molecule has 1 unspecified atom stereocenters. The Balaban J connectivity index is 2.03. The van der Waals surface area contributed by atoms with Gasteiger partial charge in [0, 0.05) is 7.05 Å². The van der Waals surface area contributed by atoms with Crippen molar-refractivity contribution in [2.24, 2.45) is 0 Å². The molecule has 0 N–H and O–H groups in total. The molecule has 1 heterocycles. The molecule has 1 atom stereocenters. The zero-order valence-electron chi connectivity index (χ0n) is 12.3. The van der Waals surface area contributed by atoms with E-state index in [4.69, 9.17) is 4.52 Å². The van der Waals surface area contributed by atoms with Gasteiger partial charge in [0.1, 0.15) is 6.04 Å². The highest BCUT2D eigenvalue weighted by molar-refractivity contribution is 5.78. The molecule has 0 saturated heterocycles. The first-order chi connectivity index (χ1) is 9.47. The number of hydrogen-bond acceptors (Lipinski definition) is 4. The number of hydrogen-bond donors (Lipinski definition) is 0. The lowest BCUT2D eigenvalue weighted by Crippen LogP contribution is -2.31. The summed E-state index contributed by atoms with van der Waals surface area (Å²) in [7, 11) is 1.75. The van der Waals surface area contributed by atoms with Crippen molar-refractivity contribution < 1.29 is 9.32 Å². The topological polar surface area (TPSA) is 59.2 Å². The number of aryl methyl sites for hydroxylation is 2. The summed E-state index contributed by atoms with van der Waals surface area (Å²) in [6.07, 6.45) is 0.369. The van der Waals surface area contributed by atoms with E-state index in [0.29, 0.717) is 18.1 Å². The largest absolute Gasteiger partial charge is 0.337 e. The third-order valence-electron chi connectivity index (χ3n) is 3.35. The number of carbonyl (C=O) groups excluding carboxylic acids is 1. The van der Waals surface area contributed by atoms with Crippen LogP contribution in [0, 0.1) is 13.8 Å². The van der Waals surface area contributed by atoms with E-state index in [1.165, 1.54) is 5.56 Å². The van der Waals surface area contributed by atoms with Gasteiger partial charge in [-0.1, -0.05) is 35.0 Å². The van der Waals surface area contributed by atoms with Crippen molar-refractivity contribution in [3.05, 3.63) is 47.1 Å². The van der Waals surface area contributed by atoms with Crippen molar-refractivity contribution in [1.29, 1.82) is 0 Å². The molecule has 2 rings (SSSR count). The zero-order valence-corrected chi connectivity index (χ0v) is 12.3. The predicted octanol–water partition coefficient (Wildman–Crippen LogP) is 2.45. The van der Waals surface area contributed by atoms with Gasteiger partial charge < -0.3 is 9.42 Å². The molecule has 0 aliphatic heterocycles. The van der Waals surface area contributed by atoms with Crippen molar-refractivity contribution in [2.75, 3.05) is 7.05 Å². The van der Waals surface area contributed by atoms with Crippen LogP contribution in [0.2, 0.25) is 0 Å². The molecule has 0 fully saturated rings. The molecule has 0 aliphatic rings. The first kappa shape index (κ1) is 14.2. The van der Waals surface area contributed by atoms with Crippen LogP contribution >= 0.6 is 0 Å². The summed E-state index contributed by atoms with van der Waals surface area (Å²) >= 11 is 0. The van der Waals surface area contributed by atoms with Crippen molar-refractivity contribution in [3.8, 4) is 0 Å². The first-order valence-electron chi connectivity index (χ1n) is 6.59. The van der Waals surface area contributed by atoms with E-state index >= 15 is 0 Å². The highest BCUT2D eigenvalue weighted by atomic mass is 16.5. The van der Waals surface area contributed by atoms with Gasteiger partial charge in [0.05, 0.1) is 6.42 Å². The summed E-state index contributed by atoms with van der Waals surface area (Å²) in [5.41, 5.74) is 2.19. The normalized spacial score (nSPS) is 12.2. The summed E-state index contributed by atoms with van der Waals surface area (Å²) in [6.45, 7) is 5.66. The molecular weight excluding hydrogens is 254 g/mol. The molecule has 106 valence electrons. The minimum Gasteiger partial charge on any atom is -0.337 e. The number of benzene rings is 1. The quantitative estimate of drug-likeness (QED) is 0.858. The molecule has 2 aromatic rings. The molecule has 0 spiro atoms. The lowest BCUT2D eigenvalue weighted by molar-refractivity contribution is -0.131. The average Bonchev–Trinajstić information content (AvgIpc) is 2.86. The Kier molecular flexibility index (Phi) is 4.17. The molecule has 0 saturated carbocycles. The van der Waals surface area contributed by atoms with E-state index in [1.807, 2.05) is 38.1 Å². The van der Waals surface area contributed by atoms with Gasteiger partial charge in [-0.2, -0.15) is 4.98 Å². The van der Waals surface area contributed by atoms with Crippen LogP contribution in [0.25, 0.3) is 0 Å². The van der Waals surface area contributed by atoms with Gasteiger partial charge >= 0.3 is 0 Å². The highest BCUT2D eigenvalue weighted by Gasteiger charge is 2.22. The average molecular weight is 273 g/mol. The van der Waals surface area contributed by atoms with E-state index in [9.17, 15) is 4.79 Å². The fraction of sp³-hybridized carbons (Fsp3) is 0.400. The maximum atomic E-state index is 12.3. The van der Waals surface area contributed by atoms with Crippen LogP contribution in [0.3, 0.4) is 0 Å². The van der Waals surface area contributed by atoms with E-state index in [2.05, 4.69) is 10.1 Å². The smallest absolute Gasteiger partial charge is 0.249 e. The fourth-order valence-electron chi connectivity index (χ4n) is 1.87. The van der Waals surface area contributed by atoms with Gasteiger partial charge in [-0.3, -0.25) is 4.79 Å². The Hall–Kier alpha value is -2.17. The van der Waals surface area contributed by atoms with E-state index in [1.54, 1.807) is 18.9 Å². The number of likely N-dealkylation sites (N-methyl/N-ethyl adjacent to an activating group) is 1. The van der Waals surface area contributed by atoms with Crippen LogP contribution in [0.4, 0.5) is 0 Å². The molecule has 0 radical (unpaired) electrons. The van der Waals surface area contributed by atoms with Crippen LogP contribution < -0.4 is 0 Å². The summed E-state index contributed by atoms with van der Waals surface area (Å²) in [4.78, 5) is 18.0.